The van der Waals surface area contributed by atoms with Gasteiger partial charge in [0.05, 0.1) is 21.9 Å². The number of benzene rings is 1. The molecule has 126 valence electrons. The first-order valence-corrected chi connectivity index (χ1v) is 8.85. The third-order valence-electron chi connectivity index (χ3n) is 3.94. The van der Waals surface area contributed by atoms with Crippen LogP contribution < -0.4 is 10.6 Å². The summed E-state index contributed by atoms with van der Waals surface area (Å²) in [6.45, 7) is 0. The number of fused-ring (bicyclic) bond motifs is 2. The number of thiophene rings is 1. The molecule has 0 aliphatic carbocycles. The molecule has 0 radical (unpaired) electrons. The second-order valence-electron chi connectivity index (χ2n) is 5.69. The lowest BCUT2D eigenvalue weighted by Gasteiger charge is -2.10. The Bertz CT molecular complexity index is 1200. The second-order valence-corrected chi connectivity index (χ2v) is 6.60. The molecule has 4 heterocycles. The molecule has 0 aliphatic heterocycles. The first kappa shape index (κ1) is 14.8. The molecule has 1 aromatic carbocycles. The largest absolute Gasteiger partial charge is 0.339 e. The Morgan fingerprint density at radius 2 is 1.85 bits per heavy atom. The Kier molecular flexibility index (Phi) is 3.46. The van der Waals surface area contributed by atoms with Gasteiger partial charge in [-0.05, 0) is 41.8 Å². The van der Waals surface area contributed by atoms with E-state index in [1.165, 1.54) is 0 Å². The molecule has 0 aliphatic rings. The topological polar surface area (TPSA) is 91.4 Å². The lowest BCUT2D eigenvalue weighted by Crippen LogP contribution is -2.01. The van der Waals surface area contributed by atoms with E-state index in [0.717, 1.165) is 38.3 Å². The van der Waals surface area contributed by atoms with Gasteiger partial charge in [-0.3, -0.25) is 10.1 Å². The number of H-pyrrole nitrogens is 1. The summed E-state index contributed by atoms with van der Waals surface area (Å²) in [5.41, 5.74) is 3.73. The average molecular weight is 359 g/mol. The van der Waals surface area contributed by atoms with Crippen molar-refractivity contribution in [3.63, 3.8) is 0 Å². The highest BCUT2D eigenvalue weighted by atomic mass is 32.1. The van der Waals surface area contributed by atoms with Crippen molar-refractivity contribution in [2.45, 2.75) is 0 Å². The zero-order valence-corrected chi connectivity index (χ0v) is 14.3. The lowest BCUT2D eigenvalue weighted by atomic mass is 10.2. The summed E-state index contributed by atoms with van der Waals surface area (Å²) in [5, 5.41) is 16.7. The van der Waals surface area contributed by atoms with Crippen LogP contribution in [0.5, 0.6) is 0 Å². The van der Waals surface area contributed by atoms with E-state index < -0.39 is 0 Å². The first-order chi connectivity index (χ1) is 12.8. The van der Waals surface area contributed by atoms with Gasteiger partial charge in [0.2, 0.25) is 5.95 Å². The molecule has 0 atom stereocenters. The van der Waals surface area contributed by atoms with E-state index in [0.29, 0.717) is 5.95 Å². The molecule has 7 nitrogen and oxygen atoms in total. The van der Waals surface area contributed by atoms with Gasteiger partial charge in [-0.25, -0.2) is 4.98 Å². The fourth-order valence-corrected chi connectivity index (χ4v) is 3.50. The van der Waals surface area contributed by atoms with E-state index in [-0.39, 0.29) is 0 Å². The normalized spacial score (nSPS) is 11.1. The molecule has 8 heteroatoms. The van der Waals surface area contributed by atoms with E-state index in [2.05, 4.69) is 35.8 Å². The molecule has 26 heavy (non-hydrogen) atoms. The van der Waals surface area contributed by atoms with Crippen LogP contribution in [-0.2, 0) is 0 Å². The smallest absolute Gasteiger partial charge is 0.229 e. The highest BCUT2D eigenvalue weighted by molar-refractivity contribution is 7.17. The number of nitrogens with one attached hydrogen (secondary N) is 3. The molecule has 0 bridgehead atoms. The van der Waals surface area contributed by atoms with Crippen molar-refractivity contribution in [1.29, 1.82) is 0 Å². The zero-order chi connectivity index (χ0) is 17.3. The Labute approximate surface area is 152 Å². The van der Waals surface area contributed by atoms with Gasteiger partial charge in [0.25, 0.3) is 0 Å². The molecule has 0 fully saturated rings. The fraction of sp³-hybridized carbons (Fsp3) is 0. The van der Waals surface area contributed by atoms with Gasteiger partial charge in [0.15, 0.2) is 5.82 Å². The van der Waals surface area contributed by atoms with Crippen molar-refractivity contribution in [3.8, 4) is 0 Å². The molecule has 0 amide bonds. The van der Waals surface area contributed by atoms with Gasteiger partial charge in [0, 0.05) is 29.2 Å². The first-order valence-electron chi connectivity index (χ1n) is 7.98. The monoisotopic (exact) mass is 359 g/mol. The van der Waals surface area contributed by atoms with Crippen molar-refractivity contribution >= 4 is 55.6 Å². The molecule has 0 saturated heterocycles. The van der Waals surface area contributed by atoms with Crippen molar-refractivity contribution < 1.29 is 0 Å². The van der Waals surface area contributed by atoms with Gasteiger partial charge < -0.3 is 10.6 Å². The highest BCUT2D eigenvalue weighted by Crippen LogP contribution is 2.31. The number of aromatic nitrogens is 5. The Hall–Kier alpha value is -3.52. The lowest BCUT2D eigenvalue weighted by molar-refractivity contribution is 1.12. The van der Waals surface area contributed by atoms with Crippen LogP contribution in [0.15, 0.2) is 60.4 Å². The average Bonchev–Trinajstić information content (AvgIpc) is 3.31. The maximum atomic E-state index is 4.66. The van der Waals surface area contributed by atoms with Gasteiger partial charge in [-0.2, -0.15) is 10.1 Å². The van der Waals surface area contributed by atoms with Crippen LogP contribution in [-0.4, -0.2) is 25.1 Å². The van der Waals surface area contributed by atoms with E-state index >= 15 is 0 Å². The number of nitrogens with zero attached hydrogens (tertiary/aromatic N) is 4. The summed E-state index contributed by atoms with van der Waals surface area (Å²) in [5.74, 6) is 1.30. The maximum Gasteiger partial charge on any atom is 0.229 e. The number of hydrogen-bond acceptors (Lipinski definition) is 7. The molecule has 3 N–H and O–H groups in total. The van der Waals surface area contributed by atoms with E-state index in [4.69, 9.17) is 0 Å². The van der Waals surface area contributed by atoms with E-state index in [1.54, 1.807) is 29.9 Å². The SMILES string of the molecule is c1cc(Nc2nc(Nc3ccc4[nH]ncc4c3)c3sccc3n2)ccn1. The molecule has 5 rings (SSSR count). The van der Waals surface area contributed by atoms with Gasteiger partial charge in [0.1, 0.15) is 0 Å². The van der Waals surface area contributed by atoms with Crippen LogP contribution in [0, 0.1) is 0 Å². The Morgan fingerprint density at radius 3 is 2.77 bits per heavy atom. The number of anilines is 4. The molecule has 0 saturated carbocycles. The van der Waals surface area contributed by atoms with Crippen LogP contribution in [0.1, 0.15) is 0 Å². The molecule has 0 unspecified atom stereocenters. The summed E-state index contributed by atoms with van der Waals surface area (Å²) in [4.78, 5) is 13.3. The summed E-state index contributed by atoms with van der Waals surface area (Å²) in [7, 11) is 0. The quantitative estimate of drug-likeness (QED) is 0.439. The van der Waals surface area contributed by atoms with Crippen LogP contribution in [0.3, 0.4) is 0 Å². The van der Waals surface area contributed by atoms with E-state index in [9.17, 15) is 0 Å². The highest BCUT2D eigenvalue weighted by Gasteiger charge is 2.10. The van der Waals surface area contributed by atoms with Crippen LogP contribution in [0.25, 0.3) is 21.1 Å². The Morgan fingerprint density at radius 1 is 0.923 bits per heavy atom. The fourth-order valence-electron chi connectivity index (χ4n) is 2.73. The third kappa shape index (κ3) is 2.72. The van der Waals surface area contributed by atoms with Crippen molar-refractivity contribution in [3.05, 3.63) is 60.4 Å². The molecular formula is C18H13N7S. The predicted molar refractivity (Wildman–Crippen MR) is 104 cm³/mol. The van der Waals surface area contributed by atoms with E-state index in [1.807, 2.05) is 41.8 Å². The number of hydrogen-bond donors (Lipinski definition) is 3. The van der Waals surface area contributed by atoms with Gasteiger partial charge in [-0.1, -0.05) is 0 Å². The minimum absolute atomic E-state index is 0.536. The zero-order valence-electron chi connectivity index (χ0n) is 13.5. The number of aromatic amines is 1. The summed E-state index contributed by atoms with van der Waals surface area (Å²) in [6.07, 6.45) is 5.26. The van der Waals surface area contributed by atoms with Gasteiger partial charge >= 0.3 is 0 Å². The van der Waals surface area contributed by atoms with Gasteiger partial charge in [-0.15, -0.1) is 11.3 Å². The number of pyridine rings is 1. The van der Waals surface area contributed by atoms with Crippen molar-refractivity contribution in [1.82, 2.24) is 25.1 Å². The summed E-state index contributed by atoms with van der Waals surface area (Å²) in [6, 6.07) is 11.8. The summed E-state index contributed by atoms with van der Waals surface area (Å²) < 4.78 is 1.01. The van der Waals surface area contributed by atoms with Crippen molar-refractivity contribution in [2.24, 2.45) is 0 Å². The Balaban J connectivity index is 1.54. The molecule has 4 aromatic heterocycles. The standard InChI is InChI=1S/C18H13N7S/c1-2-14-11(10-20-25-14)9-13(1)21-17-16-15(5-8-26-16)23-18(24-17)22-12-3-6-19-7-4-12/h1-10H,(H,20,25)(H2,19,21,22,23,24). The van der Waals surface area contributed by atoms with Crippen LogP contribution in [0.2, 0.25) is 0 Å². The molecular weight excluding hydrogens is 346 g/mol. The van der Waals surface area contributed by atoms with Crippen LogP contribution in [0.4, 0.5) is 23.1 Å². The number of rotatable bonds is 4. The molecule has 5 aromatic rings. The minimum Gasteiger partial charge on any atom is -0.339 e. The minimum atomic E-state index is 0.536. The third-order valence-corrected chi connectivity index (χ3v) is 4.85. The van der Waals surface area contributed by atoms with Crippen LogP contribution >= 0.6 is 11.3 Å². The summed E-state index contributed by atoms with van der Waals surface area (Å²) >= 11 is 1.61. The maximum absolute atomic E-state index is 4.66. The molecule has 0 spiro atoms. The second kappa shape index (κ2) is 6.08. The predicted octanol–water partition coefficient (Wildman–Crippen LogP) is 4.45. The van der Waals surface area contributed by atoms with Crippen molar-refractivity contribution in [2.75, 3.05) is 10.6 Å².